The molecule has 0 unspecified atom stereocenters. The number of para-hydroxylation sites is 2. The van der Waals surface area contributed by atoms with Crippen molar-refractivity contribution in [3.05, 3.63) is 143 Å². The van der Waals surface area contributed by atoms with Crippen LogP contribution in [0.5, 0.6) is 5.75 Å². The number of thioether (sulfide) groups is 2. The molecule has 5 aromatic carbocycles. The number of piperidine rings is 1. The van der Waals surface area contributed by atoms with Crippen LogP contribution in [0.3, 0.4) is 0 Å². The van der Waals surface area contributed by atoms with E-state index in [1.807, 2.05) is 11.8 Å². The SMILES string of the molecule is C1=Cc2c([nH]c3ccccc23)-c2ccccc2S1.c1ccc2c(c1)SCCc1c-2n(Cc2ccc(OCCCCCN3CCCCC3)cc2)c2ccccc12. The lowest BCUT2D eigenvalue weighted by molar-refractivity contribution is 0.221. The number of H-pyrrole nitrogens is 1. The number of nitrogens with zero attached hydrogens (tertiary/aromatic N) is 2. The molecule has 0 atom stereocenters. The van der Waals surface area contributed by atoms with Gasteiger partial charge in [0.1, 0.15) is 5.75 Å². The first-order valence-corrected chi connectivity index (χ1v) is 22.0. The van der Waals surface area contributed by atoms with Gasteiger partial charge in [-0.05, 0) is 117 Å². The van der Waals surface area contributed by atoms with E-state index in [1.165, 1.54) is 123 Å². The normalized spacial score (nSPS) is 14.9. The van der Waals surface area contributed by atoms with E-state index in [9.17, 15) is 0 Å². The fraction of sp³-hybridized carbons (Fsp3) is 0.265. The highest BCUT2D eigenvalue weighted by Gasteiger charge is 2.23. The quantitative estimate of drug-likeness (QED) is 0.149. The van der Waals surface area contributed by atoms with E-state index in [0.29, 0.717) is 0 Å². The summed E-state index contributed by atoms with van der Waals surface area (Å²) in [6.45, 7) is 5.54. The summed E-state index contributed by atoms with van der Waals surface area (Å²) < 4.78 is 8.62. The number of benzene rings is 5. The first-order valence-electron chi connectivity index (χ1n) is 20.1. The number of hydrogen-bond acceptors (Lipinski definition) is 4. The molecule has 55 heavy (non-hydrogen) atoms. The van der Waals surface area contributed by atoms with E-state index in [2.05, 4.69) is 147 Å². The Morgan fingerprint density at radius 1 is 0.673 bits per heavy atom. The van der Waals surface area contributed by atoms with Crippen molar-refractivity contribution in [2.45, 2.75) is 61.3 Å². The maximum Gasteiger partial charge on any atom is 0.119 e. The number of ether oxygens (including phenoxy) is 1. The van der Waals surface area contributed by atoms with E-state index in [0.717, 1.165) is 37.5 Å². The predicted octanol–water partition coefficient (Wildman–Crippen LogP) is 13.0. The van der Waals surface area contributed by atoms with Crippen molar-refractivity contribution in [1.82, 2.24) is 14.5 Å². The Bertz CT molecular complexity index is 2420. The van der Waals surface area contributed by atoms with Gasteiger partial charge in [-0.2, -0.15) is 0 Å². The van der Waals surface area contributed by atoms with Gasteiger partial charge < -0.3 is 19.2 Å². The molecule has 1 saturated heterocycles. The topological polar surface area (TPSA) is 33.2 Å². The van der Waals surface area contributed by atoms with Crippen LogP contribution >= 0.6 is 23.5 Å². The molecular formula is C49H49N3OS2. The van der Waals surface area contributed by atoms with Crippen LogP contribution in [0.25, 0.3) is 50.4 Å². The fourth-order valence-electron chi connectivity index (χ4n) is 8.51. The Kier molecular flexibility index (Phi) is 11.2. The lowest BCUT2D eigenvalue weighted by atomic mass is 10.0. The average Bonchev–Trinajstić information content (AvgIpc) is 3.59. The molecule has 2 aromatic heterocycles. The first kappa shape index (κ1) is 36.0. The monoisotopic (exact) mass is 759 g/mol. The molecule has 3 aliphatic heterocycles. The number of nitrogens with one attached hydrogen (secondary N) is 1. The average molecular weight is 760 g/mol. The lowest BCUT2D eigenvalue weighted by Crippen LogP contribution is -2.30. The summed E-state index contributed by atoms with van der Waals surface area (Å²) in [7, 11) is 0. The van der Waals surface area contributed by atoms with Gasteiger partial charge >= 0.3 is 0 Å². The largest absolute Gasteiger partial charge is 0.494 e. The highest BCUT2D eigenvalue weighted by atomic mass is 32.2. The summed E-state index contributed by atoms with van der Waals surface area (Å²) in [6, 6.07) is 43.6. The molecule has 0 spiro atoms. The molecule has 6 heteroatoms. The van der Waals surface area contributed by atoms with E-state index in [1.54, 1.807) is 11.8 Å². The predicted molar refractivity (Wildman–Crippen MR) is 236 cm³/mol. The summed E-state index contributed by atoms with van der Waals surface area (Å²) >= 11 is 3.76. The van der Waals surface area contributed by atoms with Crippen LogP contribution in [-0.4, -0.2) is 46.4 Å². The number of aryl methyl sites for hydroxylation is 1. The minimum Gasteiger partial charge on any atom is -0.494 e. The van der Waals surface area contributed by atoms with Crippen LogP contribution in [0.4, 0.5) is 0 Å². The van der Waals surface area contributed by atoms with Crippen LogP contribution in [0, 0.1) is 0 Å². The Morgan fingerprint density at radius 2 is 1.42 bits per heavy atom. The number of hydrogen-bond donors (Lipinski definition) is 1. The summed E-state index contributed by atoms with van der Waals surface area (Å²) in [6.07, 6.45) is 11.2. The van der Waals surface area contributed by atoms with Crippen molar-refractivity contribution in [2.24, 2.45) is 0 Å². The highest BCUT2D eigenvalue weighted by molar-refractivity contribution is 8.02. The standard InChI is InChI=1S/C33H38N2OS.C16H11NS/c1-7-20-34(21-8-1)22-9-2-10-23-36-27-17-15-26(16-18-27)25-35-31-13-5-3-11-28(31)29-19-24-37-32-14-6-4-12-30(32)33(29)35;1-3-7-14-11(5-1)12-9-10-18-15-8-4-2-6-13(15)16(12)17-14/h3-6,11-18H,1-2,7-10,19-25H2;1-10,17H. The lowest BCUT2D eigenvalue weighted by Gasteiger charge is -2.26. The molecule has 0 amide bonds. The van der Waals surface area contributed by atoms with Crippen LogP contribution in [0.2, 0.25) is 0 Å². The van der Waals surface area contributed by atoms with Gasteiger partial charge in [0, 0.05) is 60.6 Å². The van der Waals surface area contributed by atoms with Gasteiger partial charge in [0.15, 0.2) is 0 Å². The second-order valence-corrected chi connectivity index (χ2v) is 16.9. The molecule has 3 aliphatic rings. The first-order chi connectivity index (χ1) is 27.3. The van der Waals surface area contributed by atoms with Crippen LogP contribution in [-0.2, 0) is 13.0 Å². The van der Waals surface area contributed by atoms with Gasteiger partial charge in [0.2, 0.25) is 0 Å². The van der Waals surface area contributed by atoms with E-state index in [-0.39, 0.29) is 0 Å². The number of unbranched alkanes of at least 4 members (excludes halogenated alkanes) is 2. The van der Waals surface area contributed by atoms with Crippen molar-refractivity contribution in [1.29, 1.82) is 0 Å². The third kappa shape index (κ3) is 7.91. The zero-order valence-electron chi connectivity index (χ0n) is 31.5. The van der Waals surface area contributed by atoms with Crippen molar-refractivity contribution >= 4 is 51.4 Å². The second-order valence-electron chi connectivity index (χ2n) is 14.9. The van der Waals surface area contributed by atoms with Crippen molar-refractivity contribution in [2.75, 3.05) is 32.0 Å². The summed E-state index contributed by atoms with van der Waals surface area (Å²) in [4.78, 5) is 8.88. The molecule has 0 aliphatic carbocycles. The van der Waals surface area contributed by atoms with Crippen LogP contribution in [0.1, 0.15) is 55.2 Å². The van der Waals surface area contributed by atoms with Crippen molar-refractivity contribution in [3.63, 3.8) is 0 Å². The minimum atomic E-state index is 0.809. The molecule has 4 nitrogen and oxygen atoms in total. The molecule has 0 bridgehead atoms. The van der Waals surface area contributed by atoms with E-state index < -0.39 is 0 Å². The van der Waals surface area contributed by atoms with Crippen molar-refractivity contribution in [3.8, 4) is 28.3 Å². The molecule has 278 valence electrons. The van der Waals surface area contributed by atoms with Gasteiger partial charge in [-0.15, -0.1) is 11.8 Å². The third-order valence-corrected chi connectivity index (χ3v) is 13.2. The molecule has 1 N–H and O–H groups in total. The van der Waals surface area contributed by atoms with E-state index in [4.69, 9.17) is 4.74 Å². The molecule has 10 rings (SSSR count). The second kappa shape index (κ2) is 17.0. The number of likely N-dealkylation sites (tertiary alicyclic amines) is 1. The fourth-order valence-corrected chi connectivity index (χ4v) is 10.3. The minimum absolute atomic E-state index is 0.809. The maximum atomic E-state index is 6.09. The summed E-state index contributed by atoms with van der Waals surface area (Å²) in [5, 5.41) is 4.86. The van der Waals surface area contributed by atoms with E-state index >= 15 is 0 Å². The third-order valence-electron chi connectivity index (χ3n) is 11.3. The van der Waals surface area contributed by atoms with Gasteiger partial charge in [0.25, 0.3) is 0 Å². The Hall–Kier alpha value is -4.62. The molecule has 7 aromatic rings. The van der Waals surface area contributed by atoms with Gasteiger partial charge in [-0.1, -0.05) is 103 Å². The number of rotatable bonds is 9. The molecule has 0 saturated carbocycles. The Labute approximate surface area is 334 Å². The maximum absolute atomic E-state index is 6.09. The zero-order valence-corrected chi connectivity index (χ0v) is 33.1. The number of fused-ring (bicyclic) bond motifs is 10. The number of aromatic nitrogens is 2. The van der Waals surface area contributed by atoms with Gasteiger partial charge in [-0.3, -0.25) is 0 Å². The Balaban J connectivity index is 0.000000183. The summed E-state index contributed by atoms with van der Waals surface area (Å²) in [5.74, 6) is 2.11. The highest BCUT2D eigenvalue weighted by Crippen LogP contribution is 2.43. The molecule has 0 radical (unpaired) electrons. The molecule has 5 heterocycles. The zero-order chi connectivity index (χ0) is 36.8. The van der Waals surface area contributed by atoms with Gasteiger partial charge in [0.05, 0.1) is 18.0 Å². The van der Waals surface area contributed by atoms with Crippen LogP contribution < -0.4 is 4.74 Å². The molecular weight excluding hydrogens is 711 g/mol. The van der Waals surface area contributed by atoms with Crippen LogP contribution in [0.15, 0.2) is 137 Å². The Morgan fingerprint density at radius 3 is 2.29 bits per heavy atom. The molecule has 1 fully saturated rings. The smallest absolute Gasteiger partial charge is 0.119 e. The number of aromatic amines is 1. The summed E-state index contributed by atoms with van der Waals surface area (Å²) in [5.41, 5.74) is 11.9. The van der Waals surface area contributed by atoms with Crippen molar-refractivity contribution < 1.29 is 4.74 Å². The van der Waals surface area contributed by atoms with Gasteiger partial charge in [-0.25, -0.2) is 0 Å².